The van der Waals surface area contributed by atoms with Crippen LogP contribution < -0.4 is 10.1 Å². The monoisotopic (exact) mass is 270 g/mol. The molecule has 4 nitrogen and oxygen atoms in total. The summed E-state index contributed by atoms with van der Waals surface area (Å²) in [4.78, 5) is 12.1. The summed E-state index contributed by atoms with van der Waals surface area (Å²) in [5, 5.41) is 3.32. The molecule has 1 aromatic heterocycles. The summed E-state index contributed by atoms with van der Waals surface area (Å²) >= 11 is 0. The third-order valence-corrected chi connectivity index (χ3v) is 3.59. The number of benzene rings is 1. The van der Waals surface area contributed by atoms with Crippen LogP contribution in [0.5, 0.6) is 5.75 Å². The Kier molecular flexibility index (Phi) is 3.46. The van der Waals surface area contributed by atoms with Crippen LogP contribution in [0, 0.1) is 5.92 Å². The summed E-state index contributed by atoms with van der Waals surface area (Å²) in [6.45, 7) is 4.06. The molecule has 0 amide bonds. The predicted molar refractivity (Wildman–Crippen MR) is 78.4 cm³/mol. The van der Waals surface area contributed by atoms with Crippen molar-refractivity contribution in [2.75, 3.05) is 18.5 Å². The molecule has 0 bridgehead atoms. The minimum atomic E-state index is 0.0257. The molecule has 0 spiro atoms. The van der Waals surface area contributed by atoms with E-state index in [1.165, 1.54) is 0 Å². The van der Waals surface area contributed by atoms with E-state index in [0.29, 0.717) is 13.2 Å². The Hall–Kier alpha value is -2.23. The number of ether oxygens (including phenoxy) is 1. The Morgan fingerprint density at radius 2 is 2.10 bits per heavy atom. The van der Waals surface area contributed by atoms with Crippen LogP contribution in [0.15, 0.2) is 42.6 Å². The number of hydrogen-bond acceptors (Lipinski definition) is 3. The van der Waals surface area contributed by atoms with E-state index >= 15 is 0 Å². The first-order chi connectivity index (χ1) is 9.78. The molecular weight excluding hydrogens is 252 g/mol. The van der Waals surface area contributed by atoms with E-state index < -0.39 is 0 Å². The molecule has 104 valence electrons. The van der Waals surface area contributed by atoms with E-state index in [1.54, 1.807) is 0 Å². The first-order valence-corrected chi connectivity index (χ1v) is 6.94. The number of rotatable bonds is 5. The Balaban J connectivity index is 1.58. The van der Waals surface area contributed by atoms with Crippen molar-refractivity contribution in [1.29, 1.82) is 0 Å². The van der Waals surface area contributed by atoms with Crippen LogP contribution in [0.2, 0.25) is 0 Å². The van der Waals surface area contributed by atoms with Crippen molar-refractivity contribution in [3.05, 3.63) is 48.3 Å². The third-order valence-electron chi connectivity index (χ3n) is 3.59. The van der Waals surface area contributed by atoms with Crippen molar-refractivity contribution < 1.29 is 9.53 Å². The molecule has 0 fully saturated rings. The SMILES string of the molecule is CCOc1ccc(NCC2Cn3cccc3C2=O)cc1. The van der Waals surface area contributed by atoms with Crippen LogP contribution in [0.1, 0.15) is 17.4 Å². The van der Waals surface area contributed by atoms with Gasteiger partial charge in [-0.05, 0) is 43.3 Å². The summed E-state index contributed by atoms with van der Waals surface area (Å²) in [5.41, 5.74) is 1.83. The zero-order valence-corrected chi connectivity index (χ0v) is 11.5. The van der Waals surface area contributed by atoms with Gasteiger partial charge in [-0.3, -0.25) is 4.79 Å². The molecule has 2 heterocycles. The highest BCUT2D eigenvalue weighted by atomic mass is 16.5. The normalized spacial score (nSPS) is 17.1. The Morgan fingerprint density at radius 1 is 1.30 bits per heavy atom. The zero-order chi connectivity index (χ0) is 13.9. The summed E-state index contributed by atoms with van der Waals surface area (Å²) in [6, 6.07) is 11.6. The fourth-order valence-corrected chi connectivity index (χ4v) is 2.56. The summed E-state index contributed by atoms with van der Waals surface area (Å²) in [7, 11) is 0. The third kappa shape index (κ3) is 2.41. The van der Waals surface area contributed by atoms with Gasteiger partial charge in [0.15, 0.2) is 5.78 Å². The first kappa shape index (κ1) is 12.8. The smallest absolute Gasteiger partial charge is 0.185 e. The van der Waals surface area contributed by atoms with Gasteiger partial charge in [0.1, 0.15) is 5.75 Å². The molecule has 0 saturated heterocycles. The van der Waals surface area contributed by atoms with Crippen molar-refractivity contribution in [3.63, 3.8) is 0 Å². The number of anilines is 1. The van der Waals surface area contributed by atoms with Crippen molar-refractivity contribution in [2.24, 2.45) is 5.92 Å². The molecule has 1 N–H and O–H groups in total. The molecule has 0 saturated carbocycles. The maximum absolute atomic E-state index is 12.1. The second-order valence-electron chi connectivity index (χ2n) is 4.95. The molecule has 20 heavy (non-hydrogen) atoms. The van der Waals surface area contributed by atoms with Gasteiger partial charge in [0.05, 0.1) is 18.2 Å². The lowest BCUT2D eigenvalue weighted by molar-refractivity contribution is 0.0943. The summed E-state index contributed by atoms with van der Waals surface area (Å²) in [5.74, 6) is 1.12. The van der Waals surface area contributed by atoms with E-state index in [-0.39, 0.29) is 11.7 Å². The highest BCUT2D eigenvalue weighted by molar-refractivity contribution is 5.98. The number of nitrogens with one attached hydrogen (secondary N) is 1. The zero-order valence-electron chi connectivity index (χ0n) is 11.5. The van der Waals surface area contributed by atoms with E-state index in [4.69, 9.17) is 4.74 Å². The fraction of sp³-hybridized carbons (Fsp3) is 0.312. The fourth-order valence-electron chi connectivity index (χ4n) is 2.56. The standard InChI is InChI=1S/C16H18N2O2/c1-2-20-14-7-5-13(6-8-14)17-10-12-11-18-9-3-4-15(18)16(12)19/h3-9,12,17H,2,10-11H2,1H3. The maximum atomic E-state index is 12.1. The minimum Gasteiger partial charge on any atom is -0.494 e. The second kappa shape index (κ2) is 5.41. The molecule has 1 atom stereocenters. The van der Waals surface area contributed by atoms with Crippen molar-refractivity contribution >= 4 is 11.5 Å². The van der Waals surface area contributed by atoms with E-state index in [9.17, 15) is 4.79 Å². The van der Waals surface area contributed by atoms with Gasteiger partial charge in [0, 0.05) is 25.0 Å². The summed E-state index contributed by atoms with van der Waals surface area (Å²) < 4.78 is 7.42. The van der Waals surface area contributed by atoms with Crippen molar-refractivity contribution in [2.45, 2.75) is 13.5 Å². The number of carbonyl (C=O) groups is 1. The summed E-state index contributed by atoms with van der Waals surface area (Å²) in [6.07, 6.45) is 1.96. The number of ketones is 1. The van der Waals surface area contributed by atoms with Gasteiger partial charge in [-0.25, -0.2) is 0 Å². The molecule has 0 radical (unpaired) electrons. The Bertz CT molecular complexity index is 601. The second-order valence-corrected chi connectivity index (χ2v) is 4.95. The van der Waals surface area contributed by atoms with Gasteiger partial charge in [-0.15, -0.1) is 0 Å². The number of aromatic nitrogens is 1. The molecule has 2 aromatic rings. The van der Waals surface area contributed by atoms with Gasteiger partial charge < -0.3 is 14.6 Å². The number of hydrogen-bond donors (Lipinski definition) is 1. The van der Waals surface area contributed by atoms with E-state index in [0.717, 1.165) is 23.7 Å². The van der Waals surface area contributed by atoms with Crippen LogP contribution in [0.3, 0.4) is 0 Å². The Labute approximate surface area is 118 Å². The van der Waals surface area contributed by atoms with Crippen LogP contribution in [0.25, 0.3) is 0 Å². The van der Waals surface area contributed by atoms with Crippen LogP contribution in [-0.4, -0.2) is 23.5 Å². The van der Waals surface area contributed by atoms with Gasteiger partial charge in [0.2, 0.25) is 0 Å². The van der Waals surface area contributed by atoms with Crippen molar-refractivity contribution in [1.82, 2.24) is 4.57 Å². The number of Topliss-reactive ketones (excluding diaryl/α,β-unsaturated/α-hetero) is 1. The quantitative estimate of drug-likeness (QED) is 0.908. The molecule has 3 rings (SSSR count). The van der Waals surface area contributed by atoms with Crippen LogP contribution in [0.4, 0.5) is 5.69 Å². The van der Waals surface area contributed by atoms with Gasteiger partial charge >= 0.3 is 0 Å². The van der Waals surface area contributed by atoms with E-state index in [1.807, 2.05) is 54.1 Å². The molecule has 1 aliphatic heterocycles. The van der Waals surface area contributed by atoms with Crippen molar-refractivity contribution in [3.8, 4) is 5.75 Å². The number of carbonyl (C=O) groups excluding carboxylic acids is 1. The predicted octanol–water partition coefficient (Wildman–Crippen LogP) is 2.81. The molecule has 0 aliphatic carbocycles. The van der Waals surface area contributed by atoms with Gasteiger partial charge in [-0.1, -0.05) is 0 Å². The molecule has 1 aliphatic rings. The maximum Gasteiger partial charge on any atom is 0.185 e. The lowest BCUT2D eigenvalue weighted by atomic mass is 10.1. The average Bonchev–Trinajstić information content (AvgIpc) is 3.02. The number of nitrogens with zero attached hydrogens (tertiary/aromatic N) is 1. The molecular formula is C16H18N2O2. The molecule has 1 aromatic carbocycles. The van der Waals surface area contributed by atoms with E-state index in [2.05, 4.69) is 5.32 Å². The molecule has 4 heteroatoms. The lowest BCUT2D eigenvalue weighted by Gasteiger charge is -2.11. The number of fused-ring (bicyclic) bond motifs is 1. The highest BCUT2D eigenvalue weighted by Gasteiger charge is 2.29. The Morgan fingerprint density at radius 3 is 2.80 bits per heavy atom. The first-order valence-electron chi connectivity index (χ1n) is 6.94. The topological polar surface area (TPSA) is 43.3 Å². The van der Waals surface area contributed by atoms with Gasteiger partial charge in [0.25, 0.3) is 0 Å². The lowest BCUT2D eigenvalue weighted by Crippen LogP contribution is -2.20. The highest BCUT2D eigenvalue weighted by Crippen LogP contribution is 2.22. The molecule has 1 unspecified atom stereocenters. The largest absolute Gasteiger partial charge is 0.494 e. The van der Waals surface area contributed by atoms with Gasteiger partial charge in [-0.2, -0.15) is 0 Å². The minimum absolute atomic E-state index is 0.0257. The van der Waals surface area contributed by atoms with Crippen LogP contribution in [-0.2, 0) is 6.54 Å². The van der Waals surface area contributed by atoms with Crippen LogP contribution >= 0.6 is 0 Å². The average molecular weight is 270 g/mol.